The first kappa shape index (κ1) is 13.1. The molecule has 94 valence electrons. The number of hydrogen-bond acceptors (Lipinski definition) is 2. The molecule has 0 aliphatic heterocycles. The number of nitrogens with two attached hydrogens (primary N) is 1. The first-order valence-corrected chi connectivity index (χ1v) is 6.94. The lowest BCUT2D eigenvalue weighted by molar-refractivity contribution is 0.615. The van der Waals surface area contributed by atoms with Gasteiger partial charge in [0.2, 0.25) is 0 Å². The number of rotatable bonds is 3. The van der Waals surface area contributed by atoms with Crippen LogP contribution in [0, 0.1) is 5.82 Å². The van der Waals surface area contributed by atoms with Gasteiger partial charge in [-0.2, -0.15) is 0 Å². The lowest BCUT2D eigenvalue weighted by Gasteiger charge is -2.06. The second-order valence-electron chi connectivity index (χ2n) is 3.76. The van der Waals surface area contributed by atoms with Crippen LogP contribution >= 0.6 is 11.6 Å². The summed E-state index contributed by atoms with van der Waals surface area (Å²) in [4.78, 5) is 0.511. The second kappa shape index (κ2) is 5.50. The quantitative estimate of drug-likeness (QED) is 0.878. The summed E-state index contributed by atoms with van der Waals surface area (Å²) in [6, 6.07) is 11.1. The van der Waals surface area contributed by atoms with Gasteiger partial charge >= 0.3 is 0 Å². The predicted molar refractivity (Wildman–Crippen MR) is 72.4 cm³/mol. The molecule has 0 saturated carbocycles. The van der Waals surface area contributed by atoms with Gasteiger partial charge in [0.15, 0.2) is 0 Å². The maximum Gasteiger partial charge on any atom is 0.127 e. The number of hydrogen-bond donors (Lipinski definition) is 1. The molecule has 0 spiro atoms. The number of anilines is 1. The van der Waals surface area contributed by atoms with Crippen molar-refractivity contribution in [1.82, 2.24) is 0 Å². The Morgan fingerprint density at radius 1 is 1.22 bits per heavy atom. The van der Waals surface area contributed by atoms with Crippen LogP contribution in [0.15, 0.2) is 47.4 Å². The van der Waals surface area contributed by atoms with Crippen LogP contribution in [0.1, 0.15) is 5.56 Å². The average Bonchev–Trinajstić information content (AvgIpc) is 2.34. The van der Waals surface area contributed by atoms with E-state index < -0.39 is 16.6 Å². The van der Waals surface area contributed by atoms with Gasteiger partial charge in [-0.05, 0) is 30.3 Å². The van der Waals surface area contributed by atoms with Crippen molar-refractivity contribution < 1.29 is 8.60 Å². The summed E-state index contributed by atoms with van der Waals surface area (Å²) >= 11 is 5.79. The minimum Gasteiger partial charge on any atom is -0.398 e. The Kier molecular flexibility index (Phi) is 3.99. The number of nitrogen functional groups attached to an aromatic ring is 1. The minimum absolute atomic E-state index is 0.0562. The standard InChI is InChI=1S/C13H11ClFNOS/c14-10-5-6-11(15)9(7-10)8-18(17)13-4-2-1-3-12(13)16/h1-7H,8,16H2. The fraction of sp³-hybridized carbons (Fsp3) is 0.0769. The highest BCUT2D eigenvalue weighted by molar-refractivity contribution is 7.84. The second-order valence-corrected chi connectivity index (χ2v) is 5.62. The molecule has 0 saturated heterocycles. The number of halogens is 2. The average molecular weight is 284 g/mol. The molecule has 5 heteroatoms. The SMILES string of the molecule is Nc1ccccc1S(=O)Cc1cc(Cl)ccc1F. The Balaban J connectivity index is 2.27. The summed E-state index contributed by atoms with van der Waals surface area (Å²) < 4.78 is 25.6. The first-order chi connectivity index (χ1) is 8.58. The maximum absolute atomic E-state index is 13.5. The summed E-state index contributed by atoms with van der Waals surface area (Å²) in [6.45, 7) is 0. The molecule has 1 unspecified atom stereocenters. The van der Waals surface area contributed by atoms with E-state index in [1.807, 2.05) is 0 Å². The first-order valence-electron chi connectivity index (χ1n) is 5.25. The molecule has 0 aliphatic carbocycles. The van der Waals surface area contributed by atoms with Crippen LogP contribution in [0.3, 0.4) is 0 Å². The third-order valence-electron chi connectivity index (χ3n) is 2.46. The highest BCUT2D eigenvalue weighted by Crippen LogP contribution is 2.21. The molecule has 2 N–H and O–H groups in total. The Bertz CT molecular complexity index is 603. The van der Waals surface area contributed by atoms with Gasteiger partial charge in [0.1, 0.15) is 5.82 Å². The lowest BCUT2D eigenvalue weighted by atomic mass is 10.2. The molecular formula is C13H11ClFNOS. The lowest BCUT2D eigenvalue weighted by Crippen LogP contribution is -2.02. The van der Waals surface area contributed by atoms with E-state index in [4.69, 9.17) is 17.3 Å². The van der Waals surface area contributed by atoms with Crippen molar-refractivity contribution in [3.63, 3.8) is 0 Å². The van der Waals surface area contributed by atoms with Gasteiger partial charge in [0, 0.05) is 16.3 Å². The Morgan fingerprint density at radius 3 is 2.67 bits per heavy atom. The van der Waals surface area contributed by atoms with Gasteiger partial charge in [-0.3, -0.25) is 4.21 Å². The molecule has 0 heterocycles. The summed E-state index contributed by atoms with van der Waals surface area (Å²) in [7, 11) is -1.39. The molecular weight excluding hydrogens is 273 g/mol. The van der Waals surface area contributed by atoms with Crippen LogP contribution in [0.4, 0.5) is 10.1 Å². The number of benzene rings is 2. The van der Waals surface area contributed by atoms with E-state index in [0.29, 0.717) is 21.2 Å². The van der Waals surface area contributed by atoms with Gasteiger partial charge in [0.05, 0.1) is 21.4 Å². The summed E-state index contributed by atoms with van der Waals surface area (Å²) in [5.74, 6) is -0.358. The topological polar surface area (TPSA) is 43.1 Å². The molecule has 0 aliphatic rings. The van der Waals surface area contributed by atoms with Crippen molar-refractivity contribution in [2.45, 2.75) is 10.6 Å². The zero-order chi connectivity index (χ0) is 13.1. The Hall–Kier alpha value is -1.39. The van der Waals surface area contributed by atoms with Crippen molar-refractivity contribution in [3.05, 3.63) is 58.9 Å². The zero-order valence-electron chi connectivity index (χ0n) is 9.40. The summed E-state index contributed by atoms with van der Waals surface area (Å²) in [6.07, 6.45) is 0. The van der Waals surface area contributed by atoms with Crippen molar-refractivity contribution in [3.8, 4) is 0 Å². The largest absolute Gasteiger partial charge is 0.398 e. The third-order valence-corrected chi connectivity index (χ3v) is 4.13. The van der Waals surface area contributed by atoms with Crippen molar-refractivity contribution >= 4 is 28.1 Å². The van der Waals surface area contributed by atoms with E-state index in [1.54, 1.807) is 24.3 Å². The number of para-hydroxylation sites is 1. The fourth-order valence-electron chi connectivity index (χ4n) is 1.56. The predicted octanol–water partition coefficient (Wildman–Crippen LogP) is 3.37. The van der Waals surface area contributed by atoms with E-state index >= 15 is 0 Å². The van der Waals surface area contributed by atoms with E-state index in [-0.39, 0.29) is 5.75 Å². The van der Waals surface area contributed by atoms with Gasteiger partial charge in [-0.15, -0.1) is 0 Å². The molecule has 0 aromatic heterocycles. The van der Waals surface area contributed by atoms with Crippen molar-refractivity contribution in [2.75, 3.05) is 5.73 Å². The highest BCUT2D eigenvalue weighted by atomic mass is 35.5. The Morgan fingerprint density at radius 2 is 1.94 bits per heavy atom. The summed E-state index contributed by atoms with van der Waals surface area (Å²) in [5, 5.41) is 0.421. The maximum atomic E-state index is 13.5. The molecule has 2 aromatic carbocycles. The molecule has 2 nitrogen and oxygen atoms in total. The Labute approximate surface area is 112 Å². The molecule has 18 heavy (non-hydrogen) atoms. The monoisotopic (exact) mass is 283 g/mol. The molecule has 2 rings (SSSR count). The zero-order valence-corrected chi connectivity index (χ0v) is 11.0. The van der Waals surface area contributed by atoms with Crippen LogP contribution in [-0.2, 0) is 16.6 Å². The summed E-state index contributed by atoms with van der Waals surface area (Å²) in [5.41, 5.74) is 6.50. The van der Waals surface area contributed by atoms with Crippen molar-refractivity contribution in [2.24, 2.45) is 0 Å². The van der Waals surface area contributed by atoms with E-state index in [9.17, 15) is 8.60 Å². The van der Waals surface area contributed by atoms with E-state index in [0.717, 1.165) is 0 Å². The van der Waals surface area contributed by atoms with Crippen LogP contribution in [0.5, 0.6) is 0 Å². The van der Waals surface area contributed by atoms with Crippen LogP contribution < -0.4 is 5.73 Å². The third kappa shape index (κ3) is 2.89. The normalized spacial score (nSPS) is 12.3. The molecule has 2 aromatic rings. The van der Waals surface area contributed by atoms with Gasteiger partial charge < -0.3 is 5.73 Å². The fourth-order valence-corrected chi connectivity index (χ4v) is 2.98. The minimum atomic E-state index is -1.39. The van der Waals surface area contributed by atoms with Gasteiger partial charge in [-0.25, -0.2) is 4.39 Å². The van der Waals surface area contributed by atoms with Gasteiger partial charge in [0.25, 0.3) is 0 Å². The molecule has 0 amide bonds. The molecule has 0 bridgehead atoms. The van der Waals surface area contributed by atoms with Crippen LogP contribution in [0.25, 0.3) is 0 Å². The molecule has 0 radical (unpaired) electrons. The van der Waals surface area contributed by atoms with E-state index in [2.05, 4.69) is 0 Å². The van der Waals surface area contributed by atoms with Crippen LogP contribution in [0.2, 0.25) is 5.02 Å². The van der Waals surface area contributed by atoms with E-state index in [1.165, 1.54) is 18.2 Å². The molecule has 1 atom stereocenters. The van der Waals surface area contributed by atoms with Crippen LogP contribution in [-0.4, -0.2) is 4.21 Å². The van der Waals surface area contributed by atoms with Crippen molar-refractivity contribution in [1.29, 1.82) is 0 Å². The van der Waals surface area contributed by atoms with Gasteiger partial charge in [-0.1, -0.05) is 23.7 Å². The smallest absolute Gasteiger partial charge is 0.127 e. The highest BCUT2D eigenvalue weighted by Gasteiger charge is 2.11. The molecule has 0 fully saturated rings.